The molecule has 0 amide bonds. The Bertz CT molecular complexity index is 682. The molecular weight excluding hydrogens is 277 g/mol. The molecule has 0 unspecified atom stereocenters. The predicted molar refractivity (Wildman–Crippen MR) is 75.5 cm³/mol. The van der Waals surface area contributed by atoms with Crippen LogP contribution in [0.2, 0.25) is 0 Å². The van der Waals surface area contributed by atoms with Crippen molar-refractivity contribution in [3.8, 4) is 0 Å². The Morgan fingerprint density at radius 2 is 1.38 bits per heavy atom. The summed E-state index contributed by atoms with van der Waals surface area (Å²) in [5, 5.41) is 0. The fourth-order valence-corrected chi connectivity index (χ4v) is 2.17. The first-order valence-electron chi connectivity index (χ1n) is 6.50. The highest BCUT2D eigenvalue weighted by Gasteiger charge is 2.30. The molecule has 2 aromatic carbocycles. The van der Waals surface area contributed by atoms with Crippen LogP contribution in [0.25, 0.3) is 0 Å². The molecule has 1 nitrogen and oxygen atoms in total. The molecule has 0 aromatic heterocycles. The van der Waals surface area contributed by atoms with Crippen molar-refractivity contribution in [3.63, 3.8) is 0 Å². The van der Waals surface area contributed by atoms with Gasteiger partial charge in [-0.2, -0.15) is 13.2 Å². The van der Waals surface area contributed by atoms with Crippen molar-refractivity contribution in [1.82, 2.24) is 0 Å². The topological polar surface area (TPSA) is 17.1 Å². The first kappa shape index (κ1) is 15.3. The van der Waals surface area contributed by atoms with E-state index in [-0.39, 0.29) is 11.3 Å². The molecule has 2 rings (SSSR count). The van der Waals surface area contributed by atoms with Crippen LogP contribution < -0.4 is 0 Å². The lowest BCUT2D eigenvalue weighted by Gasteiger charge is -2.10. The van der Waals surface area contributed by atoms with E-state index in [9.17, 15) is 18.0 Å². The van der Waals surface area contributed by atoms with E-state index in [1.54, 1.807) is 6.07 Å². The summed E-state index contributed by atoms with van der Waals surface area (Å²) in [5.74, 6) is -0.260. The fourth-order valence-electron chi connectivity index (χ4n) is 2.17. The van der Waals surface area contributed by atoms with E-state index in [0.717, 1.165) is 28.8 Å². The quantitative estimate of drug-likeness (QED) is 0.722. The Hall–Kier alpha value is -2.10. The second-order valence-electron chi connectivity index (χ2n) is 5.16. The van der Waals surface area contributed by atoms with Crippen LogP contribution in [-0.2, 0) is 6.18 Å². The zero-order valence-corrected chi connectivity index (χ0v) is 12.0. The molecule has 0 N–H and O–H groups in total. The van der Waals surface area contributed by atoms with Gasteiger partial charge in [0.1, 0.15) is 0 Å². The summed E-state index contributed by atoms with van der Waals surface area (Å²) in [6, 6.07) is 8.00. The molecule has 0 saturated heterocycles. The third kappa shape index (κ3) is 3.15. The molecule has 110 valence electrons. The molecule has 21 heavy (non-hydrogen) atoms. The number of alkyl halides is 3. The molecule has 0 bridgehead atoms. The lowest BCUT2D eigenvalue weighted by Crippen LogP contribution is -2.08. The van der Waals surface area contributed by atoms with Crippen LogP contribution in [0.1, 0.15) is 38.2 Å². The number of rotatable bonds is 2. The number of carbonyl (C=O) groups excluding carboxylic acids is 1. The van der Waals surface area contributed by atoms with Crippen molar-refractivity contribution < 1.29 is 18.0 Å². The molecule has 0 spiro atoms. The van der Waals surface area contributed by atoms with Gasteiger partial charge in [0.15, 0.2) is 5.78 Å². The molecule has 0 saturated carbocycles. The van der Waals surface area contributed by atoms with Crippen LogP contribution in [0.4, 0.5) is 13.2 Å². The van der Waals surface area contributed by atoms with Gasteiger partial charge in [-0.1, -0.05) is 18.2 Å². The minimum absolute atomic E-state index is 0.259. The van der Waals surface area contributed by atoms with Crippen molar-refractivity contribution in [2.45, 2.75) is 26.9 Å². The smallest absolute Gasteiger partial charge is 0.289 e. The van der Waals surface area contributed by atoms with Crippen molar-refractivity contribution >= 4 is 5.78 Å². The van der Waals surface area contributed by atoms with Gasteiger partial charge in [-0.05, 0) is 55.7 Å². The molecule has 0 aliphatic carbocycles. The summed E-state index contributed by atoms with van der Waals surface area (Å²) in [6.07, 6.45) is -4.39. The monoisotopic (exact) mass is 292 g/mol. The third-order valence-electron chi connectivity index (χ3n) is 3.56. The zero-order chi connectivity index (χ0) is 15.8. The van der Waals surface area contributed by atoms with Gasteiger partial charge in [-0.25, -0.2) is 0 Å². The van der Waals surface area contributed by atoms with Crippen LogP contribution in [0, 0.1) is 20.8 Å². The number of halogens is 3. The average Bonchev–Trinajstić information content (AvgIpc) is 2.41. The first-order valence-corrected chi connectivity index (χ1v) is 6.50. The Morgan fingerprint density at radius 1 is 0.857 bits per heavy atom. The van der Waals surface area contributed by atoms with Crippen molar-refractivity contribution in [1.29, 1.82) is 0 Å². The highest BCUT2D eigenvalue weighted by Crippen LogP contribution is 2.29. The van der Waals surface area contributed by atoms with E-state index in [0.29, 0.717) is 5.56 Å². The van der Waals surface area contributed by atoms with Gasteiger partial charge in [0.2, 0.25) is 0 Å². The SMILES string of the molecule is Cc1cc(C)c(C(=O)c2ccc(C(F)(F)F)cc2)cc1C. The Balaban J connectivity index is 2.39. The lowest BCUT2D eigenvalue weighted by molar-refractivity contribution is -0.137. The van der Waals surface area contributed by atoms with E-state index < -0.39 is 11.7 Å². The van der Waals surface area contributed by atoms with Crippen molar-refractivity contribution in [2.24, 2.45) is 0 Å². The maximum absolute atomic E-state index is 12.5. The van der Waals surface area contributed by atoms with E-state index in [2.05, 4.69) is 0 Å². The molecule has 2 aromatic rings. The Morgan fingerprint density at radius 3 is 1.90 bits per heavy atom. The summed E-state index contributed by atoms with van der Waals surface area (Å²) in [6.45, 7) is 5.68. The number of carbonyl (C=O) groups is 1. The largest absolute Gasteiger partial charge is 0.416 e. The maximum atomic E-state index is 12.5. The maximum Gasteiger partial charge on any atom is 0.416 e. The van der Waals surface area contributed by atoms with Crippen LogP contribution in [-0.4, -0.2) is 5.78 Å². The average molecular weight is 292 g/mol. The zero-order valence-electron chi connectivity index (χ0n) is 12.0. The molecule has 0 atom stereocenters. The number of hydrogen-bond acceptors (Lipinski definition) is 1. The molecule has 0 aliphatic heterocycles. The van der Waals surface area contributed by atoms with E-state index >= 15 is 0 Å². The number of benzene rings is 2. The second kappa shape index (κ2) is 5.35. The highest BCUT2D eigenvalue weighted by atomic mass is 19.4. The third-order valence-corrected chi connectivity index (χ3v) is 3.56. The van der Waals surface area contributed by atoms with Crippen LogP contribution >= 0.6 is 0 Å². The molecule has 4 heteroatoms. The van der Waals surface area contributed by atoms with Crippen molar-refractivity contribution in [2.75, 3.05) is 0 Å². The van der Waals surface area contributed by atoms with Gasteiger partial charge in [0.05, 0.1) is 5.56 Å². The predicted octanol–water partition coefficient (Wildman–Crippen LogP) is 4.86. The van der Waals surface area contributed by atoms with Crippen LogP contribution in [0.3, 0.4) is 0 Å². The molecule has 0 radical (unpaired) electrons. The number of ketones is 1. The summed E-state index contributed by atoms with van der Waals surface area (Å²) in [4.78, 5) is 12.4. The fraction of sp³-hybridized carbons (Fsp3) is 0.235. The normalized spacial score (nSPS) is 11.5. The van der Waals surface area contributed by atoms with E-state index in [1.807, 2.05) is 26.8 Å². The minimum Gasteiger partial charge on any atom is -0.289 e. The second-order valence-corrected chi connectivity index (χ2v) is 5.16. The summed E-state index contributed by atoms with van der Waals surface area (Å²) >= 11 is 0. The van der Waals surface area contributed by atoms with Crippen LogP contribution in [0.5, 0.6) is 0 Å². The van der Waals surface area contributed by atoms with Crippen LogP contribution in [0.15, 0.2) is 36.4 Å². The van der Waals surface area contributed by atoms with E-state index in [1.165, 1.54) is 12.1 Å². The Kier molecular flexibility index (Phi) is 3.90. The minimum atomic E-state index is -4.39. The summed E-state index contributed by atoms with van der Waals surface area (Å²) in [7, 11) is 0. The molecule has 0 heterocycles. The van der Waals surface area contributed by atoms with Gasteiger partial charge >= 0.3 is 6.18 Å². The van der Waals surface area contributed by atoms with Gasteiger partial charge < -0.3 is 0 Å². The number of hydrogen-bond donors (Lipinski definition) is 0. The first-order chi connectivity index (χ1) is 9.70. The summed E-state index contributed by atoms with van der Waals surface area (Å²) < 4.78 is 37.6. The molecule has 0 fully saturated rings. The number of aryl methyl sites for hydroxylation is 3. The van der Waals surface area contributed by atoms with Gasteiger partial charge in [-0.15, -0.1) is 0 Å². The van der Waals surface area contributed by atoms with Crippen molar-refractivity contribution in [3.05, 3.63) is 69.8 Å². The standard InChI is InChI=1S/C17H15F3O/c1-10-8-12(3)15(9-11(10)2)16(21)13-4-6-14(7-5-13)17(18,19)20/h4-9H,1-3H3. The lowest BCUT2D eigenvalue weighted by atomic mass is 9.94. The Labute approximate surface area is 121 Å². The molecule has 0 aliphatic rings. The van der Waals surface area contributed by atoms with Gasteiger partial charge in [0, 0.05) is 11.1 Å². The molecular formula is C17H15F3O. The summed E-state index contributed by atoms with van der Waals surface area (Å²) in [5.41, 5.74) is 2.92. The highest BCUT2D eigenvalue weighted by molar-refractivity contribution is 6.10. The van der Waals surface area contributed by atoms with E-state index in [4.69, 9.17) is 0 Å². The van der Waals surface area contributed by atoms with Gasteiger partial charge in [-0.3, -0.25) is 4.79 Å². The van der Waals surface area contributed by atoms with Gasteiger partial charge in [0.25, 0.3) is 0 Å².